The van der Waals surface area contributed by atoms with E-state index in [1.54, 1.807) is 28.0 Å². The summed E-state index contributed by atoms with van der Waals surface area (Å²) < 4.78 is 1.64. The minimum atomic E-state index is -0.403. The summed E-state index contributed by atoms with van der Waals surface area (Å²) in [5.74, 6) is 0.610. The van der Waals surface area contributed by atoms with E-state index in [1.165, 1.54) is 0 Å². The van der Waals surface area contributed by atoms with Gasteiger partial charge in [0.05, 0.1) is 6.10 Å². The number of benzene rings is 1. The minimum Gasteiger partial charge on any atom is -0.391 e. The zero-order valence-corrected chi connectivity index (χ0v) is 11.9. The first-order valence-electron chi connectivity index (χ1n) is 7.07. The largest absolute Gasteiger partial charge is 0.391 e. The number of carbonyl (C=O) groups is 1. The molecule has 6 heteroatoms. The van der Waals surface area contributed by atoms with Crippen LogP contribution in [0.2, 0.25) is 0 Å². The molecule has 1 unspecified atom stereocenters. The molecule has 6 nitrogen and oxygen atoms in total. The molecular weight excluding hydrogens is 268 g/mol. The van der Waals surface area contributed by atoms with Crippen LogP contribution in [-0.4, -0.2) is 49.9 Å². The third kappa shape index (κ3) is 2.95. The van der Waals surface area contributed by atoms with E-state index in [9.17, 15) is 9.90 Å². The van der Waals surface area contributed by atoms with Crippen molar-refractivity contribution >= 4 is 5.91 Å². The number of aryl methyl sites for hydroxylation is 1. The molecule has 0 aliphatic carbocycles. The Balaban J connectivity index is 1.76. The second-order valence-corrected chi connectivity index (χ2v) is 5.37. The molecule has 1 aromatic carbocycles. The van der Waals surface area contributed by atoms with Gasteiger partial charge in [0.25, 0.3) is 5.91 Å². The van der Waals surface area contributed by atoms with Crippen LogP contribution in [0.1, 0.15) is 23.2 Å². The van der Waals surface area contributed by atoms with Gasteiger partial charge in [-0.2, -0.15) is 5.10 Å². The summed E-state index contributed by atoms with van der Waals surface area (Å²) in [6.07, 6.45) is 2.86. The van der Waals surface area contributed by atoms with Gasteiger partial charge in [-0.25, -0.2) is 4.98 Å². The number of hydrogen-bond donors (Lipinski definition) is 1. The van der Waals surface area contributed by atoms with Crippen LogP contribution in [0.25, 0.3) is 11.4 Å². The summed E-state index contributed by atoms with van der Waals surface area (Å²) in [7, 11) is 1.82. The number of aliphatic hydroxyl groups excluding tert-OH is 1. The fourth-order valence-electron chi connectivity index (χ4n) is 2.56. The first kappa shape index (κ1) is 13.8. The Morgan fingerprint density at radius 3 is 2.71 bits per heavy atom. The van der Waals surface area contributed by atoms with Crippen molar-refractivity contribution in [1.29, 1.82) is 0 Å². The van der Waals surface area contributed by atoms with Crippen LogP contribution in [0.4, 0.5) is 0 Å². The lowest BCUT2D eigenvalue weighted by Gasteiger charge is -2.30. The molecule has 0 radical (unpaired) electrons. The normalized spacial score (nSPS) is 18.8. The van der Waals surface area contributed by atoms with E-state index >= 15 is 0 Å². The number of piperidine rings is 1. The summed E-state index contributed by atoms with van der Waals surface area (Å²) in [5.41, 5.74) is 1.51. The van der Waals surface area contributed by atoms with E-state index in [4.69, 9.17) is 0 Å². The van der Waals surface area contributed by atoms with Gasteiger partial charge in [-0.1, -0.05) is 12.1 Å². The standard InChI is InChI=1S/C15H18N4O2/c1-18-10-16-14(17-18)11-4-6-12(7-5-11)15(21)19-8-2-3-13(20)9-19/h4-7,10,13,20H,2-3,8-9H2,1H3. The van der Waals surface area contributed by atoms with Gasteiger partial charge in [0, 0.05) is 31.3 Å². The molecule has 1 aliphatic rings. The number of carbonyl (C=O) groups excluding carboxylic acids is 1. The smallest absolute Gasteiger partial charge is 0.253 e. The Morgan fingerprint density at radius 1 is 1.33 bits per heavy atom. The van der Waals surface area contributed by atoms with E-state index in [0.29, 0.717) is 24.5 Å². The second kappa shape index (κ2) is 5.65. The highest BCUT2D eigenvalue weighted by molar-refractivity contribution is 5.94. The molecule has 0 spiro atoms. The number of likely N-dealkylation sites (tertiary alicyclic amines) is 1. The van der Waals surface area contributed by atoms with E-state index in [-0.39, 0.29) is 5.91 Å². The molecule has 21 heavy (non-hydrogen) atoms. The van der Waals surface area contributed by atoms with Gasteiger partial charge >= 0.3 is 0 Å². The third-order valence-electron chi connectivity index (χ3n) is 3.67. The fourth-order valence-corrected chi connectivity index (χ4v) is 2.56. The number of hydrogen-bond acceptors (Lipinski definition) is 4. The van der Waals surface area contributed by atoms with Crippen LogP contribution in [0.5, 0.6) is 0 Å². The Bertz CT molecular complexity index is 635. The molecule has 1 saturated heterocycles. The molecule has 1 atom stereocenters. The molecule has 1 fully saturated rings. The minimum absolute atomic E-state index is 0.0331. The van der Waals surface area contributed by atoms with Crippen LogP contribution in [0.3, 0.4) is 0 Å². The lowest BCUT2D eigenvalue weighted by atomic mass is 10.1. The summed E-state index contributed by atoms with van der Waals surface area (Å²) in [6.45, 7) is 1.13. The molecule has 1 amide bonds. The van der Waals surface area contributed by atoms with Crippen LogP contribution in [-0.2, 0) is 7.05 Å². The topological polar surface area (TPSA) is 71.2 Å². The summed E-state index contributed by atoms with van der Waals surface area (Å²) in [4.78, 5) is 18.3. The van der Waals surface area contributed by atoms with Crippen LogP contribution in [0.15, 0.2) is 30.6 Å². The van der Waals surface area contributed by atoms with Crippen molar-refractivity contribution in [2.45, 2.75) is 18.9 Å². The average Bonchev–Trinajstić information content (AvgIpc) is 2.93. The van der Waals surface area contributed by atoms with Crippen molar-refractivity contribution in [3.8, 4) is 11.4 Å². The molecule has 110 valence electrons. The monoisotopic (exact) mass is 286 g/mol. The van der Waals surface area contributed by atoms with Crippen molar-refractivity contribution in [2.24, 2.45) is 7.05 Å². The van der Waals surface area contributed by atoms with Crippen LogP contribution >= 0.6 is 0 Å². The van der Waals surface area contributed by atoms with E-state index in [1.807, 2.05) is 19.2 Å². The molecule has 0 bridgehead atoms. The van der Waals surface area contributed by atoms with Gasteiger partial charge in [0.1, 0.15) is 6.33 Å². The number of aromatic nitrogens is 3. The zero-order valence-electron chi connectivity index (χ0n) is 11.9. The molecule has 1 aromatic heterocycles. The first-order chi connectivity index (χ1) is 10.1. The Hall–Kier alpha value is -2.21. The van der Waals surface area contributed by atoms with Gasteiger partial charge in [0.2, 0.25) is 0 Å². The predicted molar refractivity (Wildman–Crippen MR) is 77.6 cm³/mol. The molecule has 1 N–H and O–H groups in total. The fraction of sp³-hybridized carbons (Fsp3) is 0.400. The maximum atomic E-state index is 12.4. The highest BCUT2D eigenvalue weighted by Gasteiger charge is 2.23. The Labute approximate surface area is 123 Å². The van der Waals surface area contributed by atoms with E-state index < -0.39 is 6.10 Å². The summed E-state index contributed by atoms with van der Waals surface area (Å²) in [5, 5.41) is 13.9. The SMILES string of the molecule is Cn1cnc(-c2ccc(C(=O)N3CCCC(O)C3)cc2)n1. The number of rotatable bonds is 2. The van der Waals surface area contributed by atoms with Gasteiger partial charge in [0.15, 0.2) is 5.82 Å². The number of β-amino-alcohol motifs (C(OH)–C–C–N with tert-alkyl or cyclic N) is 1. The van der Waals surface area contributed by atoms with Gasteiger partial charge in [-0.15, -0.1) is 0 Å². The van der Waals surface area contributed by atoms with E-state index in [0.717, 1.165) is 18.4 Å². The van der Waals surface area contributed by atoms with Gasteiger partial charge < -0.3 is 10.0 Å². The zero-order chi connectivity index (χ0) is 14.8. The highest BCUT2D eigenvalue weighted by Crippen LogP contribution is 2.18. The maximum Gasteiger partial charge on any atom is 0.253 e. The maximum absolute atomic E-state index is 12.4. The van der Waals surface area contributed by atoms with Crippen molar-refractivity contribution < 1.29 is 9.90 Å². The van der Waals surface area contributed by atoms with Gasteiger partial charge in [-0.05, 0) is 25.0 Å². The number of amides is 1. The molecule has 0 saturated carbocycles. The van der Waals surface area contributed by atoms with Crippen LogP contribution < -0.4 is 0 Å². The quantitative estimate of drug-likeness (QED) is 0.896. The highest BCUT2D eigenvalue weighted by atomic mass is 16.3. The average molecular weight is 286 g/mol. The molecule has 1 aliphatic heterocycles. The Kier molecular flexibility index (Phi) is 3.70. The third-order valence-corrected chi connectivity index (χ3v) is 3.67. The van der Waals surface area contributed by atoms with E-state index in [2.05, 4.69) is 10.1 Å². The van der Waals surface area contributed by atoms with Crippen molar-refractivity contribution in [1.82, 2.24) is 19.7 Å². The van der Waals surface area contributed by atoms with Crippen molar-refractivity contribution in [3.05, 3.63) is 36.2 Å². The first-order valence-corrected chi connectivity index (χ1v) is 7.07. The second-order valence-electron chi connectivity index (χ2n) is 5.37. The van der Waals surface area contributed by atoms with Crippen molar-refractivity contribution in [3.63, 3.8) is 0 Å². The number of nitrogens with zero attached hydrogens (tertiary/aromatic N) is 4. The van der Waals surface area contributed by atoms with Crippen LogP contribution in [0, 0.1) is 0 Å². The lowest BCUT2D eigenvalue weighted by Crippen LogP contribution is -2.42. The summed E-state index contributed by atoms with van der Waals surface area (Å²) in [6, 6.07) is 7.27. The van der Waals surface area contributed by atoms with Gasteiger partial charge in [-0.3, -0.25) is 9.48 Å². The number of aliphatic hydroxyl groups is 1. The molecule has 2 heterocycles. The lowest BCUT2D eigenvalue weighted by molar-refractivity contribution is 0.0474. The predicted octanol–water partition coefficient (Wildman–Crippen LogP) is 1.08. The van der Waals surface area contributed by atoms with Crippen molar-refractivity contribution in [2.75, 3.05) is 13.1 Å². The molecule has 2 aromatic rings. The summed E-state index contributed by atoms with van der Waals surface area (Å²) >= 11 is 0. The Morgan fingerprint density at radius 2 is 2.10 bits per heavy atom. The molecular formula is C15H18N4O2. The molecule has 3 rings (SSSR count).